The number of hydrogen-bond donors (Lipinski definition) is 1. The number of nitro groups is 1. The summed E-state index contributed by atoms with van der Waals surface area (Å²) >= 11 is 11.1. The van der Waals surface area contributed by atoms with Gasteiger partial charge < -0.3 is 0 Å². The molecular formula is C8H4ClNO2S2. The zero-order valence-corrected chi connectivity index (χ0v) is 9.20. The van der Waals surface area contributed by atoms with Gasteiger partial charge in [-0.2, -0.15) is 0 Å². The first-order chi connectivity index (χ1) is 6.59. The molecule has 6 heteroatoms. The first kappa shape index (κ1) is 9.76. The standard InChI is InChI=1S/C8H4ClNO2S2/c9-7-5-2-1-4(13)3-6(5)14-8(7)10(11)12/h1-3,13H. The Labute approximate surface area is 93.9 Å². The van der Waals surface area contributed by atoms with Crippen molar-refractivity contribution < 1.29 is 4.92 Å². The fraction of sp³-hybridized carbons (Fsp3) is 0. The van der Waals surface area contributed by atoms with Crippen molar-refractivity contribution in [3.05, 3.63) is 33.3 Å². The molecule has 0 aliphatic rings. The number of hydrogen-bond acceptors (Lipinski definition) is 4. The van der Waals surface area contributed by atoms with Crippen molar-refractivity contribution in [1.82, 2.24) is 0 Å². The van der Waals surface area contributed by atoms with E-state index in [9.17, 15) is 10.1 Å². The third-order valence-electron chi connectivity index (χ3n) is 1.76. The fourth-order valence-electron chi connectivity index (χ4n) is 1.16. The number of benzene rings is 1. The smallest absolute Gasteiger partial charge is 0.257 e. The highest BCUT2D eigenvalue weighted by Crippen LogP contribution is 2.41. The summed E-state index contributed by atoms with van der Waals surface area (Å²) in [5, 5.41) is 11.5. The lowest BCUT2D eigenvalue weighted by Gasteiger charge is -1.90. The second kappa shape index (κ2) is 3.42. The molecule has 0 unspecified atom stereocenters. The Balaban J connectivity index is 2.79. The minimum Gasteiger partial charge on any atom is -0.257 e. The topological polar surface area (TPSA) is 43.1 Å². The van der Waals surface area contributed by atoms with Gasteiger partial charge >= 0.3 is 5.00 Å². The van der Waals surface area contributed by atoms with Crippen LogP contribution in [0.4, 0.5) is 5.00 Å². The van der Waals surface area contributed by atoms with E-state index in [4.69, 9.17) is 11.6 Å². The number of thiol groups is 1. The second-order valence-corrected chi connectivity index (χ2v) is 4.58. The van der Waals surface area contributed by atoms with E-state index in [0.717, 1.165) is 20.9 Å². The Hall–Kier alpha value is -0.780. The van der Waals surface area contributed by atoms with Crippen LogP contribution < -0.4 is 0 Å². The third kappa shape index (κ3) is 1.47. The normalized spacial score (nSPS) is 10.7. The summed E-state index contributed by atoms with van der Waals surface area (Å²) in [5.74, 6) is 0. The molecule has 0 aliphatic carbocycles. The Bertz CT molecular complexity index is 523. The summed E-state index contributed by atoms with van der Waals surface area (Å²) in [6.07, 6.45) is 0. The lowest BCUT2D eigenvalue weighted by atomic mass is 10.3. The molecular weight excluding hydrogens is 242 g/mol. The van der Waals surface area contributed by atoms with Crippen LogP contribution in [0.1, 0.15) is 0 Å². The third-order valence-corrected chi connectivity index (χ3v) is 3.64. The van der Waals surface area contributed by atoms with Crippen molar-refractivity contribution in [1.29, 1.82) is 0 Å². The van der Waals surface area contributed by atoms with Crippen LogP contribution in [0.25, 0.3) is 10.1 Å². The average molecular weight is 246 g/mol. The van der Waals surface area contributed by atoms with Crippen molar-refractivity contribution >= 4 is 50.7 Å². The SMILES string of the molecule is O=[N+]([O-])c1sc2cc(S)ccc2c1Cl. The van der Waals surface area contributed by atoms with E-state index in [1.165, 1.54) is 0 Å². The highest BCUT2D eigenvalue weighted by atomic mass is 35.5. The van der Waals surface area contributed by atoms with Crippen molar-refractivity contribution in [2.24, 2.45) is 0 Å². The average Bonchev–Trinajstić information content (AvgIpc) is 2.43. The number of fused-ring (bicyclic) bond motifs is 1. The van der Waals surface area contributed by atoms with Crippen LogP contribution in [0.3, 0.4) is 0 Å². The molecule has 0 N–H and O–H groups in total. The van der Waals surface area contributed by atoms with Gasteiger partial charge in [-0.3, -0.25) is 10.1 Å². The van der Waals surface area contributed by atoms with Crippen LogP contribution in [0, 0.1) is 10.1 Å². The molecule has 0 saturated carbocycles. The maximum absolute atomic E-state index is 10.6. The predicted octanol–water partition coefficient (Wildman–Crippen LogP) is 3.75. The Morgan fingerprint density at radius 1 is 1.50 bits per heavy atom. The van der Waals surface area contributed by atoms with Gasteiger partial charge in [0, 0.05) is 15.0 Å². The van der Waals surface area contributed by atoms with Gasteiger partial charge in [0.05, 0.1) is 4.92 Å². The Morgan fingerprint density at radius 3 is 2.86 bits per heavy atom. The lowest BCUT2D eigenvalue weighted by molar-refractivity contribution is -0.379. The van der Waals surface area contributed by atoms with E-state index < -0.39 is 4.92 Å². The molecule has 0 radical (unpaired) electrons. The molecule has 0 saturated heterocycles. The van der Waals surface area contributed by atoms with Gasteiger partial charge in [0.2, 0.25) is 0 Å². The van der Waals surface area contributed by atoms with Gasteiger partial charge in [-0.15, -0.1) is 12.6 Å². The van der Waals surface area contributed by atoms with Gasteiger partial charge in [0.15, 0.2) is 0 Å². The van der Waals surface area contributed by atoms with E-state index in [-0.39, 0.29) is 10.0 Å². The molecule has 1 aromatic heterocycles. The molecule has 1 aromatic carbocycles. The van der Waals surface area contributed by atoms with Crippen molar-refractivity contribution in [3.63, 3.8) is 0 Å². The summed E-state index contributed by atoms with van der Waals surface area (Å²) in [5.41, 5.74) is 0. The second-order valence-electron chi connectivity index (χ2n) is 2.66. The highest BCUT2D eigenvalue weighted by molar-refractivity contribution is 7.80. The summed E-state index contributed by atoms with van der Waals surface area (Å²) in [6, 6.07) is 5.26. The van der Waals surface area contributed by atoms with Crippen LogP contribution in [0.2, 0.25) is 5.02 Å². The number of rotatable bonds is 1. The van der Waals surface area contributed by atoms with Crippen LogP contribution in [0.5, 0.6) is 0 Å². The summed E-state index contributed by atoms with van der Waals surface area (Å²) in [7, 11) is 0. The van der Waals surface area contributed by atoms with Gasteiger partial charge in [-0.25, -0.2) is 0 Å². The maximum Gasteiger partial charge on any atom is 0.343 e. The molecule has 0 atom stereocenters. The molecule has 0 spiro atoms. The zero-order chi connectivity index (χ0) is 10.3. The van der Waals surface area contributed by atoms with E-state index in [2.05, 4.69) is 12.6 Å². The summed E-state index contributed by atoms with van der Waals surface area (Å²) in [4.78, 5) is 10.9. The largest absolute Gasteiger partial charge is 0.343 e. The van der Waals surface area contributed by atoms with Crippen molar-refractivity contribution in [3.8, 4) is 0 Å². The first-order valence-corrected chi connectivity index (χ1v) is 5.29. The molecule has 0 bridgehead atoms. The van der Waals surface area contributed by atoms with Crippen LogP contribution in [0.15, 0.2) is 23.1 Å². The monoisotopic (exact) mass is 245 g/mol. The lowest BCUT2D eigenvalue weighted by Crippen LogP contribution is -1.82. The number of nitrogens with zero attached hydrogens (tertiary/aromatic N) is 1. The highest BCUT2D eigenvalue weighted by Gasteiger charge is 2.19. The van der Waals surface area contributed by atoms with E-state index in [1.54, 1.807) is 18.2 Å². The number of thiophene rings is 1. The molecule has 1 heterocycles. The quantitative estimate of drug-likeness (QED) is 0.472. The maximum atomic E-state index is 10.6. The summed E-state index contributed by atoms with van der Waals surface area (Å²) in [6.45, 7) is 0. The molecule has 14 heavy (non-hydrogen) atoms. The molecule has 72 valence electrons. The first-order valence-electron chi connectivity index (χ1n) is 3.65. The minimum atomic E-state index is -0.467. The molecule has 0 aliphatic heterocycles. The molecule has 2 aromatic rings. The minimum absolute atomic E-state index is 0.0133. The van der Waals surface area contributed by atoms with Crippen molar-refractivity contribution in [2.45, 2.75) is 4.90 Å². The van der Waals surface area contributed by atoms with E-state index in [1.807, 2.05) is 0 Å². The number of halogens is 1. The summed E-state index contributed by atoms with van der Waals surface area (Å²) < 4.78 is 0.786. The Morgan fingerprint density at radius 2 is 2.21 bits per heavy atom. The fourth-order valence-corrected chi connectivity index (χ4v) is 2.80. The molecule has 3 nitrogen and oxygen atoms in total. The van der Waals surface area contributed by atoms with E-state index in [0.29, 0.717) is 5.39 Å². The van der Waals surface area contributed by atoms with Gasteiger partial charge in [0.25, 0.3) is 0 Å². The van der Waals surface area contributed by atoms with Crippen LogP contribution >= 0.6 is 35.6 Å². The van der Waals surface area contributed by atoms with Gasteiger partial charge in [-0.1, -0.05) is 29.0 Å². The van der Waals surface area contributed by atoms with E-state index >= 15 is 0 Å². The predicted molar refractivity (Wildman–Crippen MR) is 60.7 cm³/mol. The molecule has 0 amide bonds. The Kier molecular flexibility index (Phi) is 2.38. The zero-order valence-electron chi connectivity index (χ0n) is 6.73. The van der Waals surface area contributed by atoms with Gasteiger partial charge in [-0.05, 0) is 12.1 Å². The molecule has 2 rings (SSSR count). The van der Waals surface area contributed by atoms with Gasteiger partial charge in [0.1, 0.15) is 5.02 Å². The van der Waals surface area contributed by atoms with Crippen LogP contribution in [-0.2, 0) is 0 Å². The van der Waals surface area contributed by atoms with Crippen LogP contribution in [-0.4, -0.2) is 4.92 Å². The molecule has 0 fully saturated rings. The van der Waals surface area contributed by atoms with Crippen molar-refractivity contribution in [2.75, 3.05) is 0 Å².